The molecule has 1 N–H and O–H groups in total. The van der Waals surface area contributed by atoms with Crippen molar-refractivity contribution >= 4 is 22.9 Å². The van der Waals surface area contributed by atoms with Crippen LogP contribution in [0.2, 0.25) is 5.02 Å². The van der Waals surface area contributed by atoms with Crippen molar-refractivity contribution in [3.8, 4) is 0 Å². The Morgan fingerprint density at radius 2 is 2.12 bits per heavy atom. The molecule has 0 aliphatic rings. The molecule has 0 saturated heterocycles. The summed E-state index contributed by atoms with van der Waals surface area (Å²) in [6.07, 6.45) is 0. The van der Waals surface area contributed by atoms with Gasteiger partial charge in [0.15, 0.2) is 0 Å². The van der Waals surface area contributed by atoms with Gasteiger partial charge in [0.1, 0.15) is 0 Å². The fourth-order valence-corrected chi connectivity index (χ4v) is 2.75. The molecule has 84 valence electrons. The first-order valence-corrected chi connectivity index (χ1v) is 6.50. The summed E-state index contributed by atoms with van der Waals surface area (Å²) < 4.78 is 0. The zero-order valence-corrected chi connectivity index (χ0v) is 10.9. The molecule has 2 rings (SSSR count). The molecule has 3 heteroatoms. The quantitative estimate of drug-likeness (QED) is 0.869. The highest BCUT2D eigenvalue weighted by Crippen LogP contribution is 2.29. The van der Waals surface area contributed by atoms with E-state index >= 15 is 0 Å². The summed E-state index contributed by atoms with van der Waals surface area (Å²) in [5.74, 6) is 0. The normalized spacial score (nSPS) is 12.7. The van der Waals surface area contributed by atoms with E-state index in [2.05, 4.69) is 35.1 Å². The predicted molar refractivity (Wildman–Crippen MR) is 71.4 cm³/mol. The highest BCUT2D eigenvalue weighted by Gasteiger charge is 2.15. The number of rotatable bonds is 3. The van der Waals surface area contributed by atoms with E-state index in [4.69, 9.17) is 11.6 Å². The lowest BCUT2D eigenvalue weighted by molar-refractivity contribution is 0.690. The maximum Gasteiger partial charge on any atom is 0.0585 e. The Hall–Kier alpha value is -0.830. The molecule has 1 aromatic carbocycles. The summed E-state index contributed by atoms with van der Waals surface area (Å²) in [6.45, 7) is 2.06. The van der Waals surface area contributed by atoms with Crippen LogP contribution >= 0.6 is 22.9 Å². The number of benzene rings is 1. The largest absolute Gasteiger partial charge is 0.309 e. The molecular formula is C13H14ClNS. The van der Waals surface area contributed by atoms with Gasteiger partial charge in [-0.05, 0) is 53.6 Å². The van der Waals surface area contributed by atoms with E-state index in [0.717, 1.165) is 10.6 Å². The van der Waals surface area contributed by atoms with Crippen molar-refractivity contribution in [1.82, 2.24) is 5.32 Å². The van der Waals surface area contributed by atoms with Crippen molar-refractivity contribution in [3.63, 3.8) is 0 Å². The van der Waals surface area contributed by atoms with Crippen molar-refractivity contribution in [2.24, 2.45) is 0 Å². The Balaban J connectivity index is 2.45. The van der Waals surface area contributed by atoms with Crippen LogP contribution in [-0.4, -0.2) is 7.05 Å². The average molecular weight is 252 g/mol. The van der Waals surface area contributed by atoms with E-state index < -0.39 is 0 Å². The van der Waals surface area contributed by atoms with Gasteiger partial charge < -0.3 is 5.32 Å². The molecule has 0 saturated carbocycles. The number of thiophene rings is 1. The van der Waals surface area contributed by atoms with Crippen LogP contribution in [-0.2, 0) is 0 Å². The lowest BCUT2D eigenvalue weighted by atomic mass is 9.97. The summed E-state index contributed by atoms with van der Waals surface area (Å²) in [5, 5.41) is 8.43. The molecule has 0 bridgehead atoms. The molecule has 1 nitrogen and oxygen atoms in total. The van der Waals surface area contributed by atoms with Crippen LogP contribution in [0.3, 0.4) is 0 Å². The second-order valence-electron chi connectivity index (χ2n) is 3.73. The number of hydrogen-bond donors (Lipinski definition) is 1. The standard InChI is InChI=1S/C13H14ClNS/c1-9-11(4-3-5-12(9)14)13(15-2)10-6-7-16-8-10/h3-8,13,15H,1-2H3. The van der Waals surface area contributed by atoms with E-state index in [-0.39, 0.29) is 6.04 Å². The van der Waals surface area contributed by atoms with Crippen LogP contribution in [0, 0.1) is 6.92 Å². The van der Waals surface area contributed by atoms with Crippen LogP contribution in [0.25, 0.3) is 0 Å². The Morgan fingerprint density at radius 1 is 1.31 bits per heavy atom. The molecule has 1 heterocycles. The van der Waals surface area contributed by atoms with Crippen LogP contribution < -0.4 is 5.32 Å². The van der Waals surface area contributed by atoms with Gasteiger partial charge in [-0.2, -0.15) is 11.3 Å². The van der Waals surface area contributed by atoms with Crippen molar-refractivity contribution in [3.05, 3.63) is 56.7 Å². The first kappa shape index (κ1) is 11.6. The van der Waals surface area contributed by atoms with Gasteiger partial charge in [0.2, 0.25) is 0 Å². The molecule has 1 unspecified atom stereocenters. The van der Waals surface area contributed by atoms with Gasteiger partial charge in [0, 0.05) is 5.02 Å². The minimum absolute atomic E-state index is 0.227. The predicted octanol–water partition coefficient (Wildman–Crippen LogP) is 4.02. The monoisotopic (exact) mass is 251 g/mol. The van der Waals surface area contributed by atoms with Crippen molar-refractivity contribution in [2.75, 3.05) is 7.05 Å². The minimum Gasteiger partial charge on any atom is -0.309 e. The highest BCUT2D eigenvalue weighted by atomic mass is 35.5. The zero-order chi connectivity index (χ0) is 11.5. The molecule has 16 heavy (non-hydrogen) atoms. The van der Waals surface area contributed by atoms with Crippen LogP contribution in [0.4, 0.5) is 0 Å². The summed E-state index contributed by atoms with van der Waals surface area (Å²) in [6, 6.07) is 8.43. The lowest BCUT2D eigenvalue weighted by Gasteiger charge is -2.18. The van der Waals surface area contributed by atoms with Gasteiger partial charge >= 0.3 is 0 Å². The molecule has 2 aromatic rings. The topological polar surface area (TPSA) is 12.0 Å². The van der Waals surface area contributed by atoms with E-state index in [9.17, 15) is 0 Å². The fourth-order valence-electron chi connectivity index (χ4n) is 1.88. The maximum atomic E-state index is 6.15. The minimum atomic E-state index is 0.227. The van der Waals surface area contributed by atoms with Gasteiger partial charge in [-0.15, -0.1) is 0 Å². The summed E-state index contributed by atoms with van der Waals surface area (Å²) >= 11 is 7.87. The van der Waals surface area contributed by atoms with Gasteiger partial charge in [0.05, 0.1) is 6.04 Å². The van der Waals surface area contributed by atoms with Crippen LogP contribution in [0.5, 0.6) is 0 Å². The second kappa shape index (κ2) is 5.00. The molecule has 0 spiro atoms. The number of hydrogen-bond acceptors (Lipinski definition) is 2. The molecule has 1 aromatic heterocycles. The molecule has 0 radical (unpaired) electrons. The fraction of sp³-hybridized carbons (Fsp3) is 0.231. The van der Waals surface area contributed by atoms with Gasteiger partial charge in [-0.25, -0.2) is 0 Å². The van der Waals surface area contributed by atoms with E-state index in [1.807, 2.05) is 19.2 Å². The Labute approximate surface area is 105 Å². The summed E-state index contributed by atoms with van der Waals surface area (Å²) in [5.41, 5.74) is 3.68. The average Bonchev–Trinajstić information content (AvgIpc) is 2.79. The third-order valence-corrected chi connectivity index (χ3v) is 3.90. The van der Waals surface area contributed by atoms with E-state index in [1.54, 1.807) is 11.3 Å². The number of halogens is 1. The maximum absolute atomic E-state index is 6.15. The summed E-state index contributed by atoms with van der Waals surface area (Å²) in [4.78, 5) is 0. The summed E-state index contributed by atoms with van der Waals surface area (Å²) in [7, 11) is 1.97. The Morgan fingerprint density at radius 3 is 2.75 bits per heavy atom. The molecule has 1 atom stereocenters. The molecular weight excluding hydrogens is 238 g/mol. The zero-order valence-electron chi connectivity index (χ0n) is 9.33. The van der Waals surface area contributed by atoms with Crippen molar-refractivity contribution in [2.45, 2.75) is 13.0 Å². The van der Waals surface area contributed by atoms with Crippen LogP contribution in [0.1, 0.15) is 22.7 Å². The van der Waals surface area contributed by atoms with E-state index in [0.29, 0.717) is 0 Å². The first-order chi connectivity index (χ1) is 7.74. The van der Waals surface area contributed by atoms with Crippen molar-refractivity contribution < 1.29 is 0 Å². The third-order valence-electron chi connectivity index (χ3n) is 2.79. The molecule has 0 amide bonds. The first-order valence-electron chi connectivity index (χ1n) is 5.18. The highest BCUT2D eigenvalue weighted by molar-refractivity contribution is 7.08. The van der Waals surface area contributed by atoms with Gasteiger partial charge in [0.25, 0.3) is 0 Å². The lowest BCUT2D eigenvalue weighted by Crippen LogP contribution is -2.18. The number of nitrogens with one attached hydrogen (secondary N) is 1. The van der Waals surface area contributed by atoms with Gasteiger partial charge in [-0.1, -0.05) is 23.7 Å². The molecule has 0 aliphatic carbocycles. The van der Waals surface area contributed by atoms with Crippen molar-refractivity contribution in [1.29, 1.82) is 0 Å². The smallest absolute Gasteiger partial charge is 0.0585 e. The molecule has 0 aliphatic heterocycles. The third kappa shape index (κ3) is 2.14. The Kier molecular flexibility index (Phi) is 3.64. The second-order valence-corrected chi connectivity index (χ2v) is 4.92. The van der Waals surface area contributed by atoms with Gasteiger partial charge in [-0.3, -0.25) is 0 Å². The molecule has 0 fully saturated rings. The SMILES string of the molecule is CNC(c1ccsc1)c1cccc(Cl)c1C. The van der Waals surface area contributed by atoms with E-state index in [1.165, 1.54) is 11.1 Å². The Bertz CT molecular complexity index is 465. The van der Waals surface area contributed by atoms with Crippen LogP contribution in [0.15, 0.2) is 35.0 Å².